The molecule has 0 amide bonds. The zero-order chi connectivity index (χ0) is 20.6. The molecule has 6 nitrogen and oxygen atoms in total. The largest absolute Gasteiger partial charge is 0.493 e. The predicted octanol–water partition coefficient (Wildman–Crippen LogP) is 4.41. The molecular formula is C23H26NO5+. The molecular weight excluding hydrogens is 370 g/mol. The highest BCUT2D eigenvalue weighted by Crippen LogP contribution is 2.23. The quantitative estimate of drug-likeness (QED) is 0.513. The number of oxazole rings is 1. The topological polar surface area (TPSA) is 86.1 Å². The van der Waals surface area contributed by atoms with Crippen LogP contribution in [0.2, 0.25) is 0 Å². The van der Waals surface area contributed by atoms with Crippen LogP contribution in [-0.4, -0.2) is 34.6 Å². The molecule has 0 fully saturated rings. The molecule has 0 unspecified atom stereocenters. The minimum absolute atomic E-state index is 0.200. The number of aryl methyl sites for hydroxylation is 2. The third-order valence-corrected chi connectivity index (χ3v) is 4.62. The van der Waals surface area contributed by atoms with Gasteiger partial charge in [-0.05, 0) is 48.7 Å². The van der Waals surface area contributed by atoms with E-state index in [9.17, 15) is 0 Å². The number of ether oxygens (including phenoxy) is 2. The molecule has 6 heteroatoms. The number of rotatable bonds is 10. The Bertz CT molecular complexity index is 949. The molecule has 29 heavy (non-hydrogen) atoms. The summed E-state index contributed by atoms with van der Waals surface area (Å²) in [5.74, 6) is 1.59. The lowest BCUT2D eigenvalue weighted by Crippen LogP contribution is -2.05. The number of aliphatic hydroxyl groups excluding tert-OH is 1. The van der Waals surface area contributed by atoms with Crippen molar-refractivity contribution in [1.29, 1.82) is 0 Å². The van der Waals surface area contributed by atoms with Crippen molar-refractivity contribution < 1.29 is 23.8 Å². The highest BCUT2D eigenvalue weighted by molar-refractivity contribution is 5.68. The van der Waals surface area contributed by atoms with Crippen molar-refractivity contribution in [1.82, 2.24) is 4.98 Å². The number of carboxylic acid groups (broad SMARTS) is 1. The van der Waals surface area contributed by atoms with Gasteiger partial charge < -0.3 is 23.8 Å². The summed E-state index contributed by atoms with van der Waals surface area (Å²) in [7, 11) is 1.63. The predicted molar refractivity (Wildman–Crippen MR) is 111 cm³/mol. The molecule has 0 bridgehead atoms. The Hall–Kier alpha value is -3.12. The molecule has 0 saturated carbocycles. The minimum atomic E-state index is -0.563. The van der Waals surface area contributed by atoms with Crippen LogP contribution in [0.5, 0.6) is 5.75 Å². The van der Waals surface area contributed by atoms with Crippen molar-refractivity contribution in [3.63, 3.8) is 0 Å². The Morgan fingerprint density at radius 3 is 2.62 bits per heavy atom. The first-order valence-electron chi connectivity index (χ1n) is 9.56. The second-order valence-corrected chi connectivity index (χ2v) is 6.77. The fourth-order valence-corrected chi connectivity index (χ4v) is 3.10. The van der Waals surface area contributed by atoms with Crippen LogP contribution < -0.4 is 4.74 Å². The van der Waals surface area contributed by atoms with Crippen molar-refractivity contribution in [2.45, 2.75) is 32.8 Å². The summed E-state index contributed by atoms with van der Waals surface area (Å²) in [4.78, 5) is 13.6. The fourth-order valence-electron chi connectivity index (χ4n) is 3.10. The fraction of sp³-hybridized carbons (Fsp3) is 0.304. The van der Waals surface area contributed by atoms with E-state index in [2.05, 4.69) is 4.98 Å². The van der Waals surface area contributed by atoms with E-state index < -0.39 is 5.97 Å². The summed E-state index contributed by atoms with van der Waals surface area (Å²) in [5, 5.41) is 9.01. The van der Waals surface area contributed by atoms with Crippen LogP contribution in [-0.2, 0) is 24.2 Å². The van der Waals surface area contributed by atoms with Gasteiger partial charge in [0.25, 0.3) is 0 Å². The van der Waals surface area contributed by atoms with Crippen LogP contribution in [0, 0.1) is 6.92 Å². The van der Waals surface area contributed by atoms with Gasteiger partial charge in [-0.1, -0.05) is 24.3 Å². The average Bonchev–Trinajstić information content (AvgIpc) is 3.09. The van der Waals surface area contributed by atoms with E-state index in [1.165, 1.54) is 0 Å². The summed E-state index contributed by atoms with van der Waals surface area (Å²) in [6.07, 6.45) is 1.37. The van der Waals surface area contributed by atoms with Gasteiger partial charge in [0.2, 0.25) is 5.89 Å². The summed E-state index contributed by atoms with van der Waals surface area (Å²) in [6, 6.07) is 15.6. The monoisotopic (exact) mass is 396 g/mol. The van der Waals surface area contributed by atoms with E-state index in [1.54, 1.807) is 7.11 Å². The number of aliphatic carboxylic acids is 1. The molecule has 152 valence electrons. The molecule has 1 heterocycles. The number of methoxy groups -OCH3 is 1. The van der Waals surface area contributed by atoms with E-state index in [0.717, 1.165) is 33.9 Å². The van der Waals surface area contributed by atoms with E-state index in [0.29, 0.717) is 31.9 Å². The molecule has 2 N–H and O–H groups in total. The zero-order valence-corrected chi connectivity index (χ0v) is 16.7. The first-order chi connectivity index (χ1) is 14.1. The van der Waals surface area contributed by atoms with E-state index >= 15 is 0 Å². The molecule has 1 aromatic heterocycles. The van der Waals surface area contributed by atoms with Crippen LogP contribution in [0.1, 0.15) is 29.0 Å². The van der Waals surface area contributed by atoms with Crippen molar-refractivity contribution >= 4 is 5.97 Å². The van der Waals surface area contributed by atoms with Crippen LogP contribution in [0.4, 0.5) is 0 Å². The molecule has 2 aromatic carbocycles. The van der Waals surface area contributed by atoms with Gasteiger partial charge in [-0.3, -0.25) is 0 Å². The maximum atomic E-state index is 9.01. The first kappa shape index (κ1) is 20.6. The minimum Gasteiger partial charge on any atom is -0.493 e. The second kappa shape index (κ2) is 9.89. The lowest BCUT2D eigenvalue weighted by Gasteiger charge is -2.11. The van der Waals surface area contributed by atoms with E-state index in [1.807, 2.05) is 55.5 Å². The number of nitrogens with zero attached hydrogens (tertiary/aromatic N) is 1. The zero-order valence-electron chi connectivity index (χ0n) is 16.7. The molecule has 0 radical (unpaired) electrons. The Labute approximate surface area is 170 Å². The van der Waals surface area contributed by atoms with Crippen molar-refractivity contribution in [3.05, 3.63) is 71.1 Å². The van der Waals surface area contributed by atoms with Gasteiger partial charge in [-0.25, -0.2) is 4.98 Å². The molecule has 0 aliphatic carbocycles. The standard InChI is InChI=1S/C23H25NO5/c1-16-21(24-23(29-16)18-6-4-3-5-7-18)12-13-28-20-10-8-17(9-11-22(25)26)19(14-20)15-27-2/h3-8,10,14H,9,11-13,15H2,1-2H3,(H,25,26)/p+1. The van der Waals surface area contributed by atoms with Crippen LogP contribution in [0.25, 0.3) is 11.5 Å². The summed E-state index contributed by atoms with van der Waals surface area (Å²) in [5.41, 5.74) is 3.80. The van der Waals surface area contributed by atoms with Crippen molar-refractivity contribution in [3.8, 4) is 17.2 Å². The van der Waals surface area contributed by atoms with E-state index in [4.69, 9.17) is 23.8 Å². The summed E-state index contributed by atoms with van der Waals surface area (Å²) < 4.78 is 17.0. The van der Waals surface area contributed by atoms with Gasteiger partial charge in [0.1, 0.15) is 17.9 Å². The highest BCUT2D eigenvalue weighted by atomic mass is 16.5. The van der Waals surface area contributed by atoms with Crippen molar-refractivity contribution in [2.24, 2.45) is 0 Å². The molecule has 0 aliphatic heterocycles. The first-order valence-corrected chi connectivity index (χ1v) is 9.56. The third kappa shape index (κ3) is 5.68. The summed E-state index contributed by atoms with van der Waals surface area (Å²) in [6.45, 7) is 2.81. The SMILES string of the molecule is COCc1cc(OCCc2nc(-c3ccccc3)oc2C)ccc1CCC(O)=[OH+]. The summed E-state index contributed by atoms with van der Waals surface area (Å²) >= 11 is 0. The maximum Gasteiger partial charge on any atom is 0.480 e. The van der Waals surface area contributed by atoms with Gasteiger partial charge in [0.15, 0.2) is 0 Å². The number of aromatic nitrogens is 1. The Morgan fingerprint density at radius 2 is 1.90 bits per heavy atom. The molecule has 0 aliphatic rings. The Balaban J connectivity index is 1.62. The highest BCUT2D eigenvalue weighted by Gasteiger charge is 2.12. The van der Waals surface area contributed by atoms with E-state index in [-0.39, 0.29) is 6.42 Å². The van der Waals surface area contributed by atoms with Crippen LogP contribution in [0.3, 0.4) is 0 Å². The smallest absolute Gasteiger partial charge is 0.480 e. The average molecular weight is 396 g/mol. The maximum absolute atomic E-state index is 9.01. The lowest BCUT2D eigenvalue weighted by molar-refractivity contribution is 0.183. The van der Waals surface area contributed by atoms with Gasteiger partial charge in [-0.15, -0.1) is 0 Å². The van der Waals surface area contributed by atoms with Gasteiger partial charge in [0.05, 0.1) is 18.9 Å². The normalized spacial score (nSPS) is 10.8. The lowest BCUT2D eigenvalue weighted by atomic mass is 10.0. The number of carboxylic acids is 1. The molecule has 0 spiro atoms. The van der Waals surface area contributed by atoms with Crippen molar-refractivity contribution in [2.75, 3.05) is 13.7 Å². The Kier molecular flexibility index (Phi) is 7.03. The molecule has 0 atom stereocenters. The number of benzene rings is 2. The van der Waals surface area contributed by atoms with Gasteiger partial charge in [0, 0.05) is 19.1 Å². The van der Waals surface area contributed by atoms with Crippen LogP contribution >= 0.6 is 0 Å². The second-order valence-electron chi connectivity index (χ2n) is 6.77. The molecule has 0 saturated heterocycles. The third-order valence-electron chi connectivity index (χ3n) is 4.62. The molecule has 3 rings (SSSR count). The van der Waals surface area contributed by atoms with Crippen LogP contribution in [0.15, 0.2) is 52.9 Å². The number of hydrogen-bond acceptors (Lipinski definition) is 4. The Morgan fingerprint density at radius 1 is 1.10 bits per heavy atom. The van der Waals surface area contributed by atoms with Gasteiger partial charge in [-0.2, -0.15) is 0 Å². The molecule has 3 aromatic rings. The number of hydrogen-bond donors (Lipinski definition) is 1. The van der Waals surface area contributed by atoms with Gasteiger partial charge >= 0.3 is 5.97 Å².